The van der Waals surface area contributed by atoms with Gasteiger partial charge < -0.3 is 15.3 Å². The molecule has 1 heterocycles. The summed E-state index contributed by atoms with van der Waals surface area (Å²) in [7, 11) is 0. The van der Waals surface area contributed by atoms with Gasteiger partial charge in [-0.25, -0.2) is 0 Å². The van der Waals surface area contributed by atoms with Crippen LogP contribution in [0.15, 0.2) is 6.20 Å². The Morgan fingerprint density at radius 3 is 2.62 bits per heavy atom. The van der Waals surface area contributed by atoms with Crippen LogP contribution in [0.25, 0.3) is 0 Å². The topological polar surface area (TPSA) is 73.6 Å². The summed E-state index contributed by atoms with van der Waals surface area (Å²) in [6.45, 7) is -1.65. The molecule has 0 atom stereocenters. The third-order valence-corrected chi connectivity index (χ3v) is 1.62. The predicted octanol–water partition coefficient (Wildman–Crippen LogP) is 0.502. The largest absolute Gasteiger partial charge is 0.506 e. The fourth-order valence-electron chi connectivity index (χ4n) is 0.903. The van der Waals surface area contributed by atoms with Crippen molar-refractivity contribution in [1.29, 1.82) is 0 Å². The van der Waals surface area contributed by atoms with E-state index in [9.17, 15) is 5.11 Å². The Morgan fingerprint density at radius 1 is 1.54 bits per heavy atom. The van der Waals surface area contributed by atoms with Gasteiger partial charge in [-0.05, 0) is 6.92 Å². The van der Waals surface area contributed by atoms with Crippen LogP contribution >= 0.6 is 12.4 Å². The van der Waals surface area contributed by atoms with E-state index in [0.29, 0.717) is 0 Å². The Balaban J connectivity index is 0.00000196. The van der Waals surface area contributed by atoms with Crippen LogP contribution in [0.1, 0.15) is 19.6 Å². The molecular weight excluding hydrogens is 194 g/mol. The van der Waals surface area contributed by atoms with E-state index in [1.165, 1.54) is 6.92 Å². The molecule has 0 saturated heterocycles. The first-order valence-corrected chi connectivity index (χ1v) is 3.39. The van der Waals surface area contributed by atoms with E-state index in [4.69, 9.17) is 13.0 Å². The van der Waals surface area contributed by atoms with Gasteiger partial charge in [0, 0.05) is 17.3 Å². The van der Waals surface area contributed by atoms with Gasteiger partial charge in [-0.3, -0.25) is 4.98 Å². The van der Waals surface area contributed by atoms with E-state index >= 15 is 0 Å². The van der Waals surface area contributed by atoms with Crippen molar-refractivity contribution in [2.45, 2.75) is 20.1 Å². The smallest absolute Gasteiger partial charge is 0.142 e. The van der Waals surface area contributed by atoms with Crippen molar-refractivity contribution in [3.63, 3.8) is 0 Å². The first kappa shape index (κ1) is 8.74. The van der Waals surface area contributed by atoms with Gasteiger partial charge in [0.05, 0.1) is 21.6 Å². The predicted molar refractivity (Wildman–Crippen MR) is 49.7 cm³/mol. The first-order chi connectivity index (χ1) is 6.38. The van der Waals surface area contributed by atoms with E-state index < -0.39 is 13.2 Å². The monoisotopic (exact) mass is 207 g/mol. The second kappa shape index (κ2) is 5.01. The SMILES string of the molecule is Cl.[2H]C([2H])(O)c1cnc(C)c(O)c1CO. The molecule has 0 saturated carbocycles. The zero-order valence-electron chi connectivity index (χ0n) is 8.98. The molecule has 1 aromatic heterocycles. The Kier molecular flexibility index (Phi) is 3.37. The molecule has 0 fully saturated rings. The Hall–Kier alpha value is -0.840. The minimum absolute atomic E-state index is 0. The number of aliphatic hydroxyl groups is 2. The lowest BCUT2D eigenvalue weighted by Gasteiger charge is -2.07. The Morgan fingerprint density at radius 2 is 2.15 bits per heavy atom. The number of aromatic nitrogens is 1. The lowest BCUT2D eigenvalue weighted by atomic mass is 10.1. The number of aliphatic hydroxyl groups excluding tert-OH is 1. The molecule has 0 aromatic carbocycles. The number of pyridine rings is 1. The quantitative estimate of drug-likeness (QED) is 0.661. The van der Waals surface area contributed by atoms with Crippen LogP contribution in [0.3, 0.4) is 0 Å². The molecule has 0 spiro atoms. The molecule has 0 aliphatic rings. The first-order valence-electron chi connectivity index (χ1n) is 4.39. The van der Waals surface area contributed by atoms with Crippen LogP contribution in [0.2, 0.25) is 0 Å². The van der Waals surface area contributed by atoms with E-state index in [1.54, 1.807) is 0 Å². The van der Waals surface area contributed by atoms with Crippen molar-refractivity contribution in [1.82, 2.24) is 4.98 Å². The van der Waals surface area contributed by atoms with Crippen molar-refractivity contribution in [2.75, 3.05) is 0 Å². The van der Waals surface area contributed by atoms with Crippen LogP contribution < -0.4 is 0 Å². The maximum absolute atomic E-state index is 9.44. The molecule has 0 aliphatic heterocycles. The molecule has 0 bridgehead atoms. The molecule has 0 unspecified atom stereocenters. The third-order valence-electron chi connectivity index (χ3n) is 1.62. The summed E-state index contributed by atoms with van der Waals surface area (Å²) in [5.74, 6) is -0.289. The van der Waals surface area contributed by atoms with E-state index in [0.717, 1.165) is 6.20 Å². The molecule has 5 heteroatoms. The Bertz CT molecular complexity index is 354. The highest BCUT2D eigenvalue weighted by Gasteiger charge is 2.09. The minimum Gasteiger partial charge on any atom is -0.506 e. The summed E-state index contributed by atoms with van der Waals surface area (Å²) in [5, 5.41) is 27.5. The van der Waals surface area contributed by atoms with Crippen molar-refractivity contribution in [2.24, 2.45) is 0 Å². The van der Waals surface area contributed by atoms with Gasteiger partial charge in [0.25, 0.3) is 0 Å². The van der Waals surface area contributed by atoms with Gasteiger partial charge >= 0.3 is 0 Å². The van der Waals surface area contributed by atoms with Crippen molar-refractivity contribution < 1.29 is 18.1 Å². The standard InChI is InChI=1S/C8H11NO3.ClH/c1-5-8(12)7(4-11)6(3-10)2-9-5;/h2,10-12H,3-4H2,1H3;1H/i3D2;. The number of nitrogens with zero attached hydrogens (tertiary/aromatic N) is 1. The summed E-state index contributed by atoms with van der Waals surface area (Å²) in [6, 6.07) is 0. The van der Waals surface area contributed by atoms with Crippen molar-refractivity contribution in [3.05, 3.63) is 23.0 Å². The number of hydrogen-bond donors (Lipinski definition) is 3. The second-order valence-electron chi connectivity index (χ2n) is 2.35. The highest BCUT2D eigenvalue weighted by molar-refractivity contribution is 5.85. The van der Waals surface area contributed by atoms with Crippen molar-refractivity contribution >= 4 is 12.4 Å². The average molecular weight is 208 g/mol. The molecule has 1 rings (SSSR count). The van der Waals surface area contributed by atoms with E-state index in [-0.39, 0.29) is 35.0 Å². The van der Waals surface area contributed by atoms with Crippen LogP contribution in [-0.2, 0) is 13.2 Å². The highest BCUT2D eigenvalue weighted by atomic mass is 35.5. The fourth-order valence-corrected chi connectivity index (χ4v) is 0.903. The normalized spacial score (nSPS) is 12.8. The molecule has 74 valence electrons. The lowest BCUT2D eigenvalue weighted by Crippen LogP contribution is -1.98. The van der Waals surface area contributed by atoms with Crippen LogP contribution in [0.4, 0.5) is 0 Å². The van der Waals surface area contributed by atoms with Gasteiger partial charge in [0.1, 0.15) is 5.75 Å². The summed E-state index contributed by atoms with van der Waals surface area (Å²) < 4.78 is 14.1. The molecule has 3 N–H and O–H groups in total. The zero-order chi connectivity index (χ0) is 10.9. The maximum Gasteiger partial charge on any atom is 0.142 e. The third kappa shape index (κ3) is 2.30. The minimum atomic E-state index is -2.61. The number of hydrogen-bond acceptors (Lipinski definition) is 4. The van der Waals surface area contributed by atoms with Crippen LogP contribution in [0.5, 0.6) is 5.75 Å². The summed E-state index contributed by atoms with van der Waals surface area (Å²) in [6.07, 6.45) is 1.10. The number of halogens is 1. The fraction of sp³-hybridized carbons (Fsp3) is 0.375. The van der Waals surface area contributed by atoms with Gasteiger partial charge in [0.2, 0.25) is 0 Å². The van der Waals surface area contributed by atoms with E-state index in [1.807, 2.05) is 0 Å². The zero-order valence-corrected chi connectivity index (χ0v) is 7.80. The van der Waals surface area contributed by atoms with Gasteiger partial charge in [-0.15, -0.1) is 12.4 Å². The summed E-state index contributed by atoms with van der Waals surface area (Å²) in [5.41, 5.74) is 0.0233. The van der Waals surface area contributed by atoms with Gasteiger partial charge in [-0.1, -0.05) is 0 Å². The van der Waals surface area contributed by atoms with Crippen LogP contribution in [0, 0.1) is 6.92 Å². The summed E-state index contributed by atoms with van der Waals surface area (Å²) >= 11 is 0. The second-order valence-corrected chi connectivity index (χ2v) is 2.35. The molecule has 0 amide bonds. The highest BCUT2D eigenvalue weighted by Crippen LogP contribution is 2.23. The van der Waals surface area contributed by atoms with Gasteiger partial charge in [0.15, 0.2) is 0 Å². The molecule has 13 heavy (non-hydrogen) atoms. The average Bonchev–Trinajstić information content (AvgIpc) is 2.07. The van der Waals surface area contributed by atoms with E-state index in [2.05, 4.69) is 4.98 Å². The lowest BCUT2D eigenvalue weighted by molar-refractivity contribution is 0.254. The number of aryl methyl sites for hydroxylation is 1. The van der Waals surface area contributed by atoms with Crippen molar-refractivity contribution in [3.8, 4) is 5.75 Å². The number of aromatic hydroxyl groups is 1. The molecule has 0 aliphatic carbocycles. The molecular formula is C8H12ClNO3. The maximum atomic E-state index is 9.44. The molecule has 0 radical (unpaired) electrons. The number of rotatable bonds is 2. The molecule has 4 nitrogen and oxygen atoms in total. The van der Waals surface area contributed by atoms with Crippen LogP contribution in [-0.4, -0.2) is 20.3 Å². The molecule has 1 aromatic rings. The Labute approximate surface area is 85.1 Å². The van der Waals surface area contributed by atoms with Gasteiger partial charge in [-0.2, -0.15) is 0 Å². The summed E-state index contributed by atoms with van der Waals surface area (Å²) in [4.78, 5) is 3.69.